The van der Waals surface area contributed by atoms with Crippen LogP contribution in [0.2, 0.25) is 0 Å². The van der Waals surface area contributed by atoms with E-state index in [9.17, 15) is 4.79 Å². The lowest BCUT2D eigenvalue weighted by Crippen LogP contribution is -2.15. The van der Waals surface area contributed by atoms with Gasteiger partial charge in [-0.05, 0) is 24.3 Å². The molecule has 0 aliphatic heterocycles. The first-order valence-corrected chi connectivity index (χ1v) is 6.85. The van der Waals surface area contributed by atoms with Crippen LogP contribution in [0.1, 0.15) is 15.9 Å². The van der Waals surface area contributed by atoms with Gasteiger partial charge >= 0.3 is 5.97 Å². The van der Waals surface area contributed by atoms with Crippen LogP contribution in [0.25, 0.3) is 0 Å². The summed E-state index contributed by atoms with van der Waals surface area (Å²) in [5.41, 5.74) is 6.71. The highest BCUT2D eigenvalue weighted by molar-refractivity contribution is 9.10. The van der Waals surface area contributed by atoms with Crippen molar-refractivity contribution in [2.45, 2.75) is 0 Å². The Morgan fingerprint density at radius 1 is 1.19 bits per heavy atom. The first-order chi connectivity index (χ1) is 10.1. The minimum Gasteiger partial charge on any atom is -0.496 e. The molecule has 0 bridgehead atoms. The predicted molar refractivity (Wildman–Crippen MR) is 83.3 cm³/mol. The van der Waals surface area contributed by atoms with Crippen molar-refractivity contribution in [2.24, 2.45) is 10.9 Å². The van der Waals surface area contributed by atoms with Gasteiger partial charge in [0, 0.05) is 10.0 Å². The van der Waals surface area contributed by atoms with E-state index in [-0.39, 0.29) is 11.4 Å². The lowest BCUT2D eigenvalue weighted by atomic mass is 10.2. The third-order valence-corrected chi connectivity index (χ3v) is 3.17. The Labute approximate surface area is 130 Å². The topological polar surface area (TPSA) is 73.9 Å². The molecule has 2 rings (SSSR count). The van der Waals surface area contributed by atoms with E-state index in [0.29, 0.717) is 11.3 Å². The average molecular weight is 349 g/mol. The number of hydrogen-bond acceptors (Lipinski definition) is 4. The summed E-state index contributed by atoms with van der Waals surface area (Å²) in [5, 5.41) is 3.66. The molecule has 0 saturated carbocycles. The molecule has 0 aliphatic carbocycles. The second-order valence-corrected chi connectivity index (χ2v) is 4.98. The number of nitrogens with two attached hydrogens (primary N) is 1. The summed E-state index contributed by atoms with van der Waals surface area (Å²) < 4.78 is 5.94. The summed E-state index contributed by atoms with van der Waals surface area (Å²) in [7, 11) is 1.48. The highest BCUT2D eigenvalue weighted by Crippen LogP contribution is 2.18. The molecule has 0 aromatic heterocycles. The van der Waals surface area contributed by atoms with Gasteiger partial charge in [0.25, 0.3) is 0 Å². The molecule has 21 heavy (non-hydrogen) atoms. The van der Waals surface area contributed by atoms with Gasteiger partial charge in [0.15, 0.2) is 5.84 Å². The Hall–Kier alpha value is -2.34. The van der Waals surface area contributed by atoms with Crippen molar-refractivity contribution in [3.8, 4) is 5.75 Å². The van der Waals surface area contributed by atoms with E-state index in [4.69, 9.17) is 15.3 Å². The van der Waals surface area contributed by atoms with E-state index in [0.717, 1.165) is 4.47 Å². The fourth-order valence-electron chi connectivity index (χ4n) is 1.65. The highest BCUT2D eigenvalue weighted by Gasteiger charge is 2.13. The van der Waals surface area contributed by atoms with Crippen LogP contribution in [-0.2, 0) is 4.84 Å². The van der Waals surface area contributed by atoms with E-state index in [2.05, 4.69) is 21.1 Å². The number of para-hydroxylation sites is 1. The van der Waals surface area contributed by atoms with Crippen LogP contribution in [0.15, 0.2) is 58.2 Å². The van der Waals surface area contributed by atoms with Crippen molar-refractivity contribution in [3.05, 3.63) is 64.1 Å². The van der Waals surface area contributed by atoms with Crippen LogP contribution < -0.4 is 10.5 Å². The molecule has 0 aliphatic rings. The van der Waals surface area contributed by atoms with Crippen LogP contribution in [0.4, 0.5) is 0 Å². The summed E-state index contributed by atoms with van der Waals surface area (Å²) in [5.74, 6) is -0.108. The normalized spacial score (nSPS) is 11.0. The maximum absolute atomic E-state index is 12.0. The molecule has 0 heterocycles. The number of oxime groups is 1. The van der Waals surface area contributed by atoms with Crippen LogP contribution in [0.5, 0.6) is 5.75 Å². The molecule has 0 amide bonds. The Kier molecular flexibility index (Phi) is 4.94. The van der Waals surface area contributed by atoms with Gasteiger partial charge < -0.3 is 15.3 Å². The number of ether oxygens (including phenoxy) is 1. The van der Waals surface area contributed by atoms with Gasteiger partial charge in [0.2, 0.25) is 0 Å². The van der Waals surface area contributed by atoms with Crippen molar-refractivity contribution < 1.29 is 14.4 Å². The number of amidine groups is 1. The zero-order valence-corrected chi connectivity index (χ0v) is 12.8. The first kappa shape index (κ1) is 15.1. The zero-order chi connectivity index (χ0) is 15.2. The van der Waals surface area contributed by atoms with Gasteiger partial charge in [-0.1, -0.05) is 45.4 Å². The largest absolute Gasteiger partial charge is 0.496 e. The summed E-state index contributed by atoms with van der Waals surface area (Å²) in [6.07, 6.45) is 0. The molecule has 6 heteroatoms. The fourth-order valence-corrected chi connectivity index (χ4v) is 2.05. The lowest BCUT2D eigenvalue weighted by molar-refractivity contribution is 0.0512. The Morgan fingerprint density at radius 3 is 2.67 bits per heavy atom. The minimum atomic E-state index is -0.634. The van der Waals surface area contributed by atoms with Gasteiger partial charge in [-0.15, -0.1) is 0 Å². The van der Waals surface area contributed by atoms with Crippen molar-refractivity contribution in [3.63, 3.8) is 0 Å². The minimum absolute atomic E-state index is 0.111. The third-order valence-electron chi connectivity index (χ3n) is 2.67. The average Bonchev–Trinajstić information content (AvgIpc) is 2.52. The summed E-state index contributed by atoms with van der Waals surface area (Å²) in [4.78, 5) is 16.8. The van der Waals surface area contributed by atoms with Crippen molar-refractivity contribution >= 4 is 27.7 Å². The summed E-state index contributed by atoms with van der Waals surface area (Å²) in [6, 6.07) is 13.9. The monoisotopic (exact) mass is 348 g/mol. The zero-order valence-electron chi connectivity index (χ0n) is 11.2. The summed E-state index contributed by atoms with van der Waals surface area (Å²) in [6.45, 7) is 0. The van der Waals surface area contributed by atoms with Crippen molar-refractivity contribution in [1.29, 1.82) is 0 Å². The molecule has 2 N–H and O–H groups in total. The molecule has 0 saturated heterocycles. The molecule has 0 unspecified atom stereocenters. The van der Waals surface area contributed by atoms with Gasteiger partial charge in [0.05, 0.1) is 7.11 Å². The molecule has 0 spiro atoms. The number of hydrogen-bond donors (Lipinski definition) is 1. The molecule has 0 radical (unpaired) electrons. The van der Waals surface area contributed by atoms with E-state index in [1.807, 2.05) is 12.1 Å². The first-order valence-electron chi connectivity index (χ1n) is 6.05. The standard InChI is InChI=1S/C15H13BrN2O3/c1-20-13-8-3-2-7-12(13)15(19)21-18-14(17)10-5-4-6-11(16)9-10/h2-9H,1H3,(H2,17,18). The number of rotatable bonds is 4. The smallest absolute Gasteiger partial charge is 0.369 e. The number of carbonyl (C=O) groups excluding carboxylic acids is 1. The van der Waals surface area contributed by atoms with Crippen molar-refractivity contribution in [1.82, 2.24) is 0 Å². The van der Waals surface area contributed by atoms with Crippen LogP contribution in [0.3, 0.4) is 0 Å². The molecule has 0 atom stereocenters. The van der Waals surface area contributed by atoms with Crippen LogP contribution in [0, 0.1) is 0 Å². The van der Waals surface area contributed by atoms with E-state index >= 15 is 0 Å². The molecule has 5 nitrogen and oxygen atoms in total. The molecular formula is C15H13BrN2O3. The van der Waals surface area contributed by atoms with Gasteiger partial charge in [-0.25, -0.2) is 4.79 Å². The second kappa shape index (κ2) is 6.90. The fraction of sp³-hybridized carbons (Fsp3) is 0.0667. The van der Waals surface area contributed by atoms with E-state index in [1.165, 1.54) is 7.11 Å². The molecular weight excluding hydrogens is 336 g/mol. The predicted octanol–water partition coefficient (Wildman–Crippen LogP) is 2.94. The molecule has 108 valence electrons. The van der Waals surface area contributed by atoms with Crippen LogP contribution in [-0.4, -0.2) is 18.9 Å². The highest BCUT2D eigenvalue weighted by atomic mass is 79.9. The number of methoxy groups -OCH3 is 1. The van der Waals surface area contributed by atoms with Gasteiger partial charge in [-0.3, -0.25) is 0 Å². The maximum atomic E-state index is 12.0. The number of carbonyl (C=O) groups is 1. The SMILES string of the molecule is COc1ccccc1C(=O)ON=C(N)c1cccc(Br)c1. The van der Waals surface area contributed by atoms with Gasteiger partial charge in [0.1, 0.15) is 11.3 Å². The Morgan fingerprint density at radius 2 is 1.95 bits per heavy atom. The number of nitrogens with zero attached hydrogens (tertiary/aromatic N) is 1. The molecule has 2 aromatic rings. The molecule has 0 fully saturated rings. The third kappa shape index (κ3) is 3.82. The number of halogens is 1. The Balaban J connectivity index is 2.15. The van der Waals surface area contributed by atoms with Crippen molar-refractivity contribution in [2.75, 3.05) is 7.11 Å². The maximum Gasteiger partial charge on any atom is 0.369 e. The van der Waals surface area contributed by atoms with Gasteiger partial charge in [-0.2, -0.15) is 0 Å². The van der Waals surface area contributed by atoms with E-state index in [1.54, 1.807) is 36.4 Å². The second-order valence-electron chi connectivity index (χ2n) is 4.07. The molecule has 2 aromatic carbocycles. The van der Waals surface area contributed by atoms with E-state index < -0.39 is 5.97 Å². The Bertz CT molecular complexity index is 686. The number of benzene rings is 2. The lowest BCUT2D eigenvalue weighted by Gasteiger charge is -2.05. The van der Waals surface area contributed by atoms with Crippen LogP contribution >= 0.6 is 15.9 Å². The quantitative estimate of drug-likeness (QED) is 0.399. The summed E-state index contributed by atoms with van der Waals surface area (Å²) >= 11 is 3.33.